The van der Waals surface area contributed by atoms with E-state index in [2.05, 4.69) is 27.8 Å². The molecule has 0 amide bonds. The van der Waals surface area contributed by atoms with Crippen LogP contribution in [0.15, 0.2) is 0 Å². The Morgan fingerprint density at radius 2 is 2.24 bits per heavy atom. The quantitative estimate of drug-likeness (QED) is 0.868. The summed E-state index contributed by atoms with van der Waals surface area (Å²) in [5.74, 6) is 1.75. The molecule has 17 heavy (non-hydrogen) atoms. The van der Waals surface area contributed by atoms with Gasteiger partial charge in [-0.25, -0.2) is 0 Å². The number of aromatic nitrogens is 4. The van der Waals surface area contributed by atoms with Crippen molar-refractivity contribution in [2.75, 3.05) is 12.0 Å². The predicted octanol–water partition coefficient (Wildman–Crippen LogP) is 2.74. The Balaban J connectivity index is 2.46. The molecule has 0 saturated carbocycles. The number of nitrogens with zero attached hydrogens (tertiary/aromatic N) is 3. The normalized spacial score (nSPS) is 13.4. The van der Waals surface area contributed by atoms with Crippen LogP contribution in [0.1, 0.15) is 12.6 Å². The molecule has 2 heterocycles. The summed E-state index contributed by atoms with van der Waals surface area (Å²) in [7, 11) is 1.97. The van der Waals surface area contributed by atoms with Crippen LogP contribution in [0.3, 0.4) is 0 Å². The van der Waals surface area contributed by atoms with Gasteiger partial charge in [-0.3, -0.25) is 4.68 Å². The lowest BCUT2D eigenvalue weighted by molar-refractivity contribution is 0.527. The van der Waals surface area contributed by atoms with E-state index in [0.717, 1.165) is 33.9 Å². The lowest BCUT2D eigenvalue weighted by Crippen LogP contribution is -2.11. The van der Waals surface area contributed by atoms with Gasteiger partial charge in [0.2, 0.25) is 0 Å². The molecule has 1 N–H and O–H groups in total. The number of nitrogens with one attached hydrogen (secondary N) is 1. The SMILES string of the molecule is CSCC(C)Cn1c(=S)[nH]c2c(C)nn(C)c21. The first-order valence-corrected chi connectivity index (χ1v) is 7.45. The van der Waals surface area contributed by atoms with E-state index in [1.54, 1.807) is 0 Å². The maximum Gasteiger partial charge on any atom is 0.179 e. The minimum Gasteiger partial charge on any atom is -0.328 e. The average molecular weight is 270 g/mol. The van der Waals surface area contributed by atoms with Gasteiger partial charge in [0.25, 0.3) is 0 Å². The molecule has 2 rings (SSSR count). The van der Waals surface area contributed by atoms with Gasteiger partial charge in [0.05, 0.1) is 5.69 Å². The highest BCUT2D eigenvalue weighted by molar-refractivity contribution is 7.98. The molecule has 4 nitrogen and oxygen atoms in total. The smallest absolute Gasteiger partial charge is 0.179 e. The van der Waals surface area contributed by atoms with E-state index in [4.69, 9.17) is 12.2 Å². The Labute approximate surface area is 110 Å². The number of hydrogen-bond donors (Lipinski definition) is 1. The standard InChI is InChI=1S/C11H18N4S2/c1-7(6-17-4)5-15-10-9(12-11(15)16)8(2)13-14(10)3/h7H,5-6H2,1-4H3,(H,12,16). The highest BCUT2D eigenvalue weighted by Gasteiger charge is 2.14. The van der Waals surface area contributed by atoms with Gasteiger partial charge >= 0.3 is 0 Å². The minimum atomic E-state index is 0.603. The first-order chi connectivity index (χ1) is 8.04. The molecule has 0 spiro atoms. The van der Waals surface area contributed by atoms with E-state index >= 15 is 0 Å². The number of aromatic amines is 1. The van der Waals surface area contributed by atoms with E-state index in [9.17, 15) is 0 Å². The number of rotatable bonds is 4. The van der Waals surface area contributed by atoms with Crippen LogP contribution in [0.2, 0.25) is 0 Å². The Morgan fingerprint density at radius 3 is 2.88 bits per heavy atom. The van der Waals surface area contributed by atoms with Crippen LogP contribution < -0.4 is 0 Å². The number of aryl methyl sites for hydroxylation is 2. The summed E-state index contributed by atoms with van der Waals surface area (Å²) in [5.41, 5.74) is 3.17. The maximum atomic E-state index is 5.39. The summed E-state index contributed by atoms with van der Waals surface area (Å²) < 4.78 is 4.86. The molecule has 0 aliphatic rings. The van der Waals surface area contributed by atoms with Crippen molar-refractivity contribution in [3.8, 4) is 0 Å². The zero-order chi connectivity index (χ0) is 12.6. The fourth-order valence-corrected chi connectivity index (χ4v) is 3.13. The van der Waals surface area contributed by atoms with Gasteiger partial charge in [0.15, 0.2) is 10.4 Å². The number of thioether (sulfide) groups is 1. The highest BCUT2D eigenvalue weighted by atomic mass is 32.2. The van der Waals surface area contributed by atoms with Crippen molar-refractivity contribution in [3.63, 3.8) is 0 Å². The molecule has 1 atom stereocenters. The lowest BCUT2D eigenvalue weighted by Gasteiger charge is -2.11. The van der Waals surface area contributed by atoms with Crippen LogP contribution in [0, 0.1) is 17.6 Å². The van der Waals surface area contributed by atoms with E-state index in [0.29, 0.717) is 5.92 Å². The summed E-state index contributed by atoms with van der Waals surface area (Å²) in [6.07, 6.45) is 2.14. The van der Waals surface area contributed by atoms with Crippen molar-refractivity contribution in [1.82, 2.24) is 19.3 Å². The third-order valence-electron chi connectivity index (χ3n) is 2.87. The minimum absolute atomic E-state index is 0.603. The third kappa shape index (κ3) is 2.28. The van der Waals surface area contributed by atoms with Gasteiger partial charge < -0.3 is 9.55 Å². The molecule has 0 aliphatic heterocycles. The Kier molecular flexibility index (Phi) is 3.63. The second kappa shape index (κ2) is 4.86. The number of hydrogen-bond acceptors (Lipinski definition) is 3. The van der Waals surface area contributed by atoms with E-state index in [1.165, 1.54) is 0 Å². The van der Waals surface area contributed by atoms with Crippen molar-refractivity contribution in [2.45, 2.75) is 20.4 Å². The molecule has 0 aromatic carbocycles. The second-order valence-electron chi connectivity index (χ2n) is 4.51. The van der Waals surface area contributed by atoms with Crippen molar-refractivity contribution in [2.24, 2.45) is 13.0 Å². The number of fused-ring (bicyclic) bond motifs is 1. The lowest BCUT2D eigenvalue weighted by atomic mass is 10.2. The van der Waals surface area contributed by atoms with Crippen LogP contribution in [0.5, 0.6) is 0 Å². The molecule has 2 aromatic heterocycles. The molecule has 2 aromatic rings. The van der Waals surface area contributed by atoms with Crippen molar-refractivity contribution in [3.05, 3.63) is 10.5 Å². The van der Waals surface area contributed by atoms with Gasteiger partial charge in [0.1, 0.15) is 5.52 Å². The maximum absolute atomic E-state index is 5.39. The molecule has 0 radical (unpaired) electrons. The first-order valence-electron chi connectivity index (χ1n) is 5.65. The Morgan fingerprint density at radius 1 is 1.53 bits per heavy atom. The summed E-state index contributed by atoms with van der Waals surface area (Å²) >= 11 is 7.26. The van der Waals surface area contributed by atoms with E-state index in [-0.39, 0.29) is 0 Å². The van der Waals surface area contributed by atoms with Gasteiger partial charge in [0, 0.05) is 13.6 Å². The summed E-state index contributed by atoms with van der Waals surface area (Å²) in [4.78, 5) is 3.25. The Bertz CT molecular complexity index is 578. The highest BCUT2D eigenvalue weighted by Crippen LogP contribution is 2.19. The fraction of sp³-hybridized carbons (Fsp3) is 0.636. The summed E-state index contributed by atoms with van der Waals surface area (Å²) in [5, 5.41) is 4.42. The summed E-state index contributed by atoms with van der Waals surface area (Å²) in [6, 6.07) is 0. The Hall–Kier alpha value is -0.750. The summed E-state index contributed by atoms with van der Waals surface area (Å²) in [6.45, 7) is 5.20. The molecular weight excluding hydrogens is 252 g/mol. The number of imidazole rings is 1. The topological polar surface area (TPSA) is 38.5 Å². The monoisotopic (exact) mass is 270 g/mol. The molecule has 0 saturated heterocycles. The molecular formula is C11H18N4S2. The second-order valence-corrected chi connectivity index (χ2v) is 5.81. The van der Waals surface area contributed by atoms with Gasteiger partial charge in [-0.2, -0.15) is 16.9 Å². The van der Waals surface area contributed by atoms with Crippen LogP contribution >= 0.6 is 24.0 Å². The molecule has 0 aliphatic carbocycles. The molecule has 94 valence electrons. The van der Waals surface area contributed by atoms with Crippen LogP contribution in [-0.2, 0) is 13.6 Å². The average Bonchev–Trinajstić information content (AvgIpc) is 2.69. The van der Waals surface area contributed by atoms with Crippen molar-refractivity contribution < 1.29 is 0 Å². The molecule has 0 fully saturated rings. The predicted molar refractivity (Wildman–Crippen MR) is 76.2 cm³/mol. The molecule has 6 heteroatoms. The van der Waals surface area contributed by atoms with Crippen LogP contribution in [-0.4, -0.2) is 31.3 Å². The van der Waals surface area contributed by atoms with Gasteiger partial charge in [-0.05, 0) is 37.1 Å². The van der Waals surface area contributed by atoms with E-state index < -0.39 is 0 Å². The molecule has 1 unspecified atom stereocenters. The zero-order valence-electron chi connectivity index (χ0n) is 10.6. The van der Waals surface area contributed by atoms with Crippen molar-refractivity contribution >= 4 is 35.1 Å². The zero-order valence-corrected chi connectivity index (χ0v) is 12.3. The van der Waals surface area contributed by atoms with E-state index in [1.807, 2.05) is 30.4 Å². The third-order valence-corrected chi connectivity index (χ3v) is 4.09. The first kappa shape index (κ1) is 12.7. The fourth-order valence-electron chi connectivity index (χ4n) is 2.19. The largest absolute Gasteiger partial charge is 0.328 e. The van der Waals surface area contributed by atoms with Gasteiger partial charge in [-0.15, -0.1) is 0 Å². The van der Waals surface area contributed by atoms with Crippen LogP contribution in [0.4, 0.5) is 0 Å². The van der Waals surface area contributed by atoms with Gasteiger partial charge in [-0.1, -0.05) is 6.92 Å². The van der Waals surface area contributed by atoms with Crippen LogP contribution in [0.25, 0.3) is 11.2 Å². The van der Waals surface area contributed by atoms with Crippen molar-refractivity contribution in [1.29, 1.82) is 0 Å². The molecule has 0 bridgehead atoms. The number of H-pyrrole nitrogens is 1.